The smallest absolute Gasteiger partial charge is 0.413 e. The number of carbonyl (C=O) groups excluding carboxylic acids is 2. The molecule has 0 saturated heterocycles. The Hall–Kier alpha value is -1.65. The van der Waals surface area contributed by atoms with Gasteiger partial charge in [0, 0.05) is 22.9 Å². The van der Waals surface area contributed by atoms with Crippen LogP contribution < -0.4 is 10.6 Å². The van der Waals surface area contributed by atoms with Crippen molar-refractivity contribution in [1.29, 1.82) is 0 Å². The second-order valence-corrected chi connectivity index (χ2v) is 5.06. The van der Waals surface area contributed by atoms with Crippen molar-refractivity contribution < 1.29 is 28.5 Å². The van der Waals surface area contributed by atoms with Gasteiger partial charge in [0.2, 0.25) is 6.79 Å². The van der Waals surface area contributed by atoms with Gasteiger partial charge < -0.3 is 9.47 Å². The third-order valence-electron chi connectivity index (χ3n) is 2.64. The van der Waals surface area contributed by atoms with Crippen molar-refractivity contribution in [1.82, 2.24) is 0 Å². The fraction of sp³-hybridized carbons (Fsp3) is 0.385. The van der Waals surface area contributed by atoms with Crippen molar-refractivity contribution in [3.63, 3.8) is 0 Å². The van der Waals surface area contributed by atoms with Crippen LogP contribution in [0.5, 0.6) is 0 Å². The molecule has 7 nitrogen and oxygen atoms in total. The molecule has 0 aliphatic rings. The number of rotatable bonds is 7. The lowest BCUT2D eigenvalue weighted by Gasteiger charge is -2.15. The SMILES string of the molecule is Cc1ccc(NC(=O)OCOF)cc1NC(=O)OC(CS)CS. The summed E-state index contributed by atoms with van der Waals surface area (Å²) in [6.07, 6.45) is -1.98. The van der Waals surface area contributed by atoms with E-state index in [9.17, 15) is 14.1 Å². The van der Waals surface area contributed by atoms with E-state index in [-0.39, 0.29) is 0 Å². The lowest BCUT2D eigenvalue weighted by atomic mass is 10.2. The minimum Gasteiger partial charge on any atom is -0.444 e. The summed E-state index contributed by atoms with van der Waals surface area (Å²) in [5, 5.41) is 4.92. The second kappa shape index (κ2) is 10.2. The highest BCUT2D eigenvalue weighted by Crippen LogP contribution is 2.21. The first-order chi connectivity index (χ1) is 11.0. The largest absolute Gasteiger partial charge is 0.444 e. The normalized spacial score (nSPS) is 10.3. The Bertz CT molecular complexity index is 543. The molecule has 2 amide bonds. The van der Waals surface area contributed by atoms with Gasteiger partial charge in [0.1, 0.15) is 6.10 Å². The molecule has 0 radical (unpaired) electrons. The minimum absolute atomic E-state index is 0.342. The highest BCUT2D eigenvalue weighted by molar-refractivity contribution is 7.81. The van der Waals surface area contributed by atoms with Gasteiger partial charge in [0.25, 0.3) is 0 Å². The molecule has 0 aliphatic heterocycles. The first-order valence-electron chi connectivity index (χ1n) is 6.47. The lowest BCUT2D eigenvalue weighted by Crippen LogP contribution is -2.25. The number of hydrogen-bond donors (Lipinski definition) is 4. The Morgan fingerprint density at radius 2 is 1.91 bits per heavy atom. The van der Waals surface area contributed by atoms with Crippen LogP contribution in [0.1, 0.15) is 5.56 Å². The summed E-state index contributed by atoms with van der Waals surface area (Å²) in [5.41, 5.74) is 1.53. The molecule has 1 aromatic rings. The Kier molecular flexibility index (Phi) is 8.59. The maximum absolute atomic E-state index is 11.8. The molecule has 1 aromatic carbocycles. The van der Waals surface area contributed by atoms with Crippen molar-refractivity contribution in [3.05, 3.63) is 23.8 Å². The highest BCUT2D eigenvalue weighted by Gasteiger charge is 2.13. The van der Waals surface area contributed by atoms with E-state index in [4.69, 9.17) is 4.74 Å². The average Bonchev–Trinajstić information content (AvgIpc) is 2.53. The summed E-state index contributed by atoms with van der Waals surface area (Å²) in [4.78, 5) is 26.2. The average molecular weight is 364 g/mol. The fourth-order valence-electron chi connectivity index (χ4n) is 1.49. The molecule has 0 aromatic heterocycles. The number of anilines is 2. The lowest BCUT2D eigenvalue weighted by molar-refractivity contribution is -0.191. The third-order valence-corrected chi connectivity index (χ3v) is 3.45. The molecule has 0 saturated carbocycles. The van der Waals surface area contributed by atoms with Crippen LogP contribution in [0.15, 0.2) is 18.2 Å². The van der Waals surface area contributed by atoms with Gasteiger partial charge in [0.05, 0.1) is 0 Å². The maximum Gasteiger partial charge on any atom is 0.413 e. The summed E-state index contributed by atoms with van der Waals surface area (Å²) >= 11 is 8.09. The number of hydrogen-bond acceptors (Lipinski definition) is 7. The molecule has 0 unspecified atom stereocenters. The van der Waals surface area contributed by atoms with E-state index in [1.807, 2.05) is 0 Å². The number of nitrogens with one attached hydrogen (secondary N) is 2. The quantitative estimate of drug-likeness (QED) is 0.441. The standard InChI is InChI=1S/C13H17FN2O5S2/c1-8-2-3-9(15-12(17)19-7-20-14)4-11(8)16-13(18)21-10(5-22)6-23/h2-4,10,22-23H,5-7H2,1H3,(H,15,17)(H,16,18). The summed E-state index contributed by atoms with van der Waals surface area (Å²) in [6, 6.07) is 4.77. The predicted molar refractivity (Wildman–Crippen MR) is 89.9 cm³/mol. The van der Waals surface area contributed by atoms with Gasteiger partial charge in [-0.15, -0.1) is 0 Å². The van der Waals surface area contributed by atoms with Crippen molar-refractivity contribution in [2.75, 3.05) is 28.9 Å². The predicted octanol–water partition coefficient (Wildman–Crippen LogP) is 3.18. The Labute approximate surface area is 143 Å². The molecule has 0 atom stereocenters. The molecule has 0 fully saturated rings. The van der Waals surface area contributed by atoms with Gasteiger partial charge in [-0.1, -0.05) is 6.07 Å². The summed E-state index contributed by atoms with van der Waals surface area (Å²) in [6.45, 7) is 0.952. The molecule has 0 bridgehead atoms. The van der Waals surface area contributed by atoms with Gasteiger partial charge in [-0.25, -0.2) is 9.59 Å². The van der Waals surface area contributed by atoms with Crippen molar-refractivity contribution >= 4 is 48.8 Å². The number of halogens is 1. The first-order valence-corrected chi connectivity index (χ1v) is 7.74. The molecule has 0 aliphatic carbocycles. The van der Waals surface area contributed by atoms with E-state index in [1.165, 1.54) is 6.07 Å². The molecule has 10 heteroatoms. The Morgan fingerprint density at radius 3 is 2.52 bits per heavy atom. The van der Waals surface area contributed by atoms with Crippen LogP contribution in [0.25, 0.3) is 0 Å². The molecule has 0 heterocycles. The Morgan fingerprint density at radius 1 is 1.22 bits per heavy atom. The molecule has 23 heavy (non-hydrogen) atoms. The topological polar surface area (TPSA) is 85.9 Å². The van der Waals surface area contributed by atoms with E-state index in [2.05, 4.69) is 45.6 Å². The second-order valence-electron chi connectivity index (χ2n) is 4.33. The molecule has 0 spiro atoms. The zero-order valence-corrected chi connectivity index (χ0v) is 14.0. The van der Waals surface area contributed by atoms with Gasteiger partial charge in [-0.05, 0) is 29.1 Å². The van der Waals surface area contributed by atoms with Crippen molar-refractivity contribution in [2.45, 2.75) is 13.0 Å². The summed E-state index contributed by atoms with van der Waals surface area (Å²) in [5.74, 6) is 0.694. The van der Waals surface area contributed by atoms with Crippen LogP contribution in [0, 0.1) is 6.92 Å². The first kappa shape index (κ1) is 19.4. The number of amides is 2. The number of aryl methyl sites for hydroxylation is 1. The monoisotopic (exact) mass is 364 g/mol. The number of thiol groups is 2. The minimum atomic E-state index is -0.898. The van der Waals surface area contributed by atoms with Crippen LogP contribution in [-0.2, 0) is 14.4 Å². The van der Waals surface area contributed by atoms with E-state index >= 15 is 0 Å². The van der Waals surface area contributed by atoms with Crippen molar-refractivity contribution in [2.24, 2.45) is 0 Å². The zero-order chi connectivity index (χ0) is 17.2. The van der Waals surface area contributed by atoms with Crippen LogP contribution >= 0.6 is 25.3 Å². The highest BCUT2D eigenvalue weighted by atomic mass is 32.1. The van der Waals surface area contributed by atoms with E-state index in [0.29, 0.717) is 22.9 Å². The zero-order valence-electron chi connectivity index (χ0n) is 12.2. The number of benzene rings is 1. The Balaban J connectivity index is 2.69. The summed E-state index contributed by atoms with van der Waals surface area (Å²) < 4.78 is 20.9. The van der Waals surface area contributed by atoms with Crippen LogP contribution in [-0.4, -0.2) is 36.6 Å². The number of ether oxygens (including phenoxy) is 2. The number of carbonyl (C=O) groups is 2. The maximum atomic E-state index is 11.8. The van der Waals surface area contributed by atoms with Gasteiger partial charge in [0.15, 0.2) is 0 Å². The fourth-order valence-corrected chi connectivity index (χ4v) is 2.10. The van der Waals surface area contributed by atoms with Gasteiger partial charge in [-0.3, -0.25) is 10.6 Å². The van der Waals surface area contributed by atoms with Gasteiger partial charge in [-0.2, -0.15) is 30.2 Å². The molecule has 128 valence electrons. The molecule has 1 rings (SSSR count). The van der Waals surface area contributed by atoms with Crippen LogP contribution in [0.2, 0.25) is 0 Å². The molecular formula is C13H17FN2O5S2. The van der Waals surface area contributed by atoms with Crippen molar-refractivity contribution in [3.8, 4) is 0 Å². The molecular weight excluding hydrogens is 347 g/mol. The summed E-state index contributed by atoms with van der Waals surface area (Å²) in [7, 11) is 0. The van der Waals surface area contributed by atoms with E-state index in [0.717, 1.165) is 5.56 Å². The van der Waals surface area contributed by atoms with E-state index < -0.39 is 25.1 Å². The molecule has 2 N–H and O–H groups in total. The van der Waals surface area contributed by atoms with Gasteiger partial charge >= 0.3 is 12.2 Å². The van der Waals surface area contributed by atoms with Crippen LogP contribution in [0.3, 0.4) is 0 Å². The van der Waals surface area contributed by atoms with Crippen LogP contribution in [0.4, 0.5) is 25.5 Å². The third kappa shape index (κ3) is 6.97. The van der Waals surface area contributed by atoms with E-state index in [1.54, 1.807) is 19.1 Å².